The van der Waals surface area contributed by atoms with Crippen LogP contribution in [-0.2, 0) is 16.1 Å². The Morgan fingerprint density at radius 3 is 2.77 bits per heavy atom. The first-order chi connectivity index (χ1) is 12.6. The van der Waals surface area contributed by atoms with Crippen molar-refractivity contribution in [3.8, 4) is 10.6 Å². The topological polar surface area (TPSA) is 68.3 Å². The van der Waals surface area contributed by atoms with Gasteiger partial charge in [-0.05, 0) is 17.5 Å². The molecule has 134 valence electrons. The standard InChI is InChI=1S/C18H15ClN2O3S2/c19-14-5-2-1-4-13(14)18-21-12(11-26-18)10-24-16(22)7-8-20-17(23)15-6-3-9-25-15/h1-6,9,11H,7-8,10H2,(H,20,23). The minimum Gasteiger partial charge on any atom is -0.459 e. The van der Waals surface area contributed by atoms with Gasteiger partial charge in [0.2, 0.25) is 0 Å². The second-order valence-corrected chi connectivity index (χ2v) is 7.48. The second-order valence-electron chi connectivity index (χ2n) is 5.27. The Morgan fingerprint density at radius 2 is 2.00 bits per heavy atom. The monoisotopic (exact) mass is 406 g/mol. The number of carbonyl (C=O) groups excluding carboxylic acids is 2. The average molecular weight is 407 g/mol. The van der Waals surface area contributed by atoms with E-state index in [2.05, 4.69) is 10.3 Å². The minimum atomic E-state index is -0.385. The fraction of sp³-hybridized carbons (Fsp3) is 0.167. The van der Waals surface area contributed by atoms with Gasteiger partial charge in [0.25, 0.3) is 5.91 Å². The minimum absolute atomic E-state index is 0.0959. The SMILES string of the molecule is O=C(CCNC(=O)c1cccs1)OCc1csc(-c2ccccc2Cl)n1. The third-order valence-corrected chi connectivity index (χ3v) is 5.52. The fourth-order valence-corrected chi connectivity index (χ4v) is 3.90. The van der Waals surface area contributed by atoms with Crippen molar-refractivity contribution in [3.63, 3.8) is 0 Å². The highest BCUT2D eigenvalue weighted by molar-refractivity contribution is 7.13. The lowest BCUT2D eigenvalue weighted by Crippen LogP contribution is -2.25. The Labute approximate surface area is 163 Å². The zero-order valence-corrected chi connectivity index (χ0v) is 16.0. The summed E-state index contributed by atoms with van der Waals surface area (Å²) in [5.74, 6) is -0.569. The van der Waals surface area contributed by atoms with Gasteiger partial charge in [-0.3, -0.25) is 9.59 Å². The lowest BCUT2D eigenvalue weighted by molar-refractivity contribution is -0.144. The normalized spacial score (nSPS) is 10.5. The molecule has 0 saturated carbocycles. The number of hydrogen-bond acceptors (Lipinski definition) is 6. The van der Waals surface area contributed by atoms with Crippen LogP contribution in [-0.4, -0.2) is 23.4 Å². The molecule has 0 fully saturated rings. The summed E-state index contributed by atoms with van der Waals surface area (Å²) in [6.07, 6.45) is 0.110. The van der Waals surface area contributed by atoms with E-state index in [0.717, 1.165) is 10.6 Å². The molecular formula is C18H15ClN2O3S2. The molecule has 0 bridgehead atoms. The molecule has 8 heteroatoms. The molecule has 5 nitrogen and oxygen atoms in total. The van der Waals surface area contributed by atoms with Crippen molar-refractivity contribution < 1.29 is 14.3 Å². The molecule has 1 N–H and O–H groups in total. The highest BCUT2D eigenvalue weighted by atomic mass is 35.5. The molecule has 0 unspecified atom stereocenters. The van der Waals surface area contributed by atoms with E-state index in [1.165, 1.54) is 22.7 Å². The number of amides is 1. The summed E-state index contributed by atoms with van der Waals surface area (Å²) in [7, 11) is 0. The maximum absolute atomic E-state index is 11.8. The molecule has 1 aromatic carbocycles. The zero-order chi connectivity index (χ0) is 18.4. The van der Waals surface area contributed by atoms with Crippen LogP contribution in [0.25, 0.3) is 10.6 Å². The Balaban J connectivity index is 1.44. The number of halogens is 1. The predicted molar refractivity (Wildman–Crippen MR) is 104 cm³/mol. The van der Waals surface area contributed by atoms with E-state index in [0.29, 0.717) is 15.6 Å². The molecule has 0 aliphatic carbocycles. The van der Waals surface area contributed by atoms with Crippen LogP contribution in [0.2, 0.25) is 5.02 Å². The molecule has 0 radical (unpaired) electrons. The largest absolute Gasteiger partial charge is 0.459 e. The van der Waals surface area contributed by atoms with Gasteiger partial charge in [-0.25, -0.2) is 4.98 Å². The number of aromatic nitrogens is 1. The first-order valence-corrected chi connectivity index (χ1v) is 9.94. The second kappa shape index (κ2) is 8.93. The van der Waals surface area contributed by atoms with Gasteiger partial charge in [0.15, 0.2) is 0 Å². The van der Waals surface area contributed by atoms with Crippen LogP contribution in [0.1, 0.15) is 21.8 Å². The number of nitrogens with zero attached hydrogens (tertiary/aromatic N) is 1. The first kappa shape index (κ1) is 18.6. The van der Waals surface area contributed by atoms with Gasteiger partial charge in [0.1, 0.15) is 11.6 Å². The number of esters is 1. The van der Waals surface area contributed by atoms with Crippen LogP contribution < -0.4 is 5.32 Å². The Morgan fingerprint density at radius 1 is 1.15 bits per heavy atom. The van der Waals surface area contributed by atoms with Gasteiger partial charge in [-0.1, -0.05) is 35.9 Å². The molecule has 0 aliphatic rings. The van der Waals surface area contributed by atoms with Crippen molar-refractivity contribution in [1.82, 2.24) is 10.3 Å². The fourth-order valence-electron chi connectivity index (χ4n) is 2.13. The number of rotatable bonds is 7. The van der Waals surface area contributed by atoms with Gasteiger partial charge < -0.3 is 10.1 Å². The van der Waals surface area contributed by atoms with Gasteiger partial charge in [-0.15, -0.1) is 22.7 Å². The van der Waals surface area contributed by atoms with E-state index < -0.39 is 0 Å². The summed E-state index contributed by atoms with van der Waals surface area (Å²) in [6, 6.07) is 11.0. The Kier molecular flexibility index (Phi) is 6.38. The van der Waals surface area contributed by atoms with Crippen molar-refractivity contribution in [2.24, 2.45) is 0 Å². The number of nitrogens with one attached hydrogen (secondary N) is 1. The maximum Gasteiger partial charge on any atom is 0.307 e. The third-order valence-electron chi connectivity index (χ3n) is 3.40. The van der Waals surface area contributed by atoms with E-state index >= 15 is 0 Å². The number of benzene rings is 1. The summed E-state index contributed by atoms with van der Waals surface area (Å²) >= 11 is 8.96. The van der Waals surface area contributed by atoms with Crippen LogP contribution in [0.15, 0.2) is 47.2 Å². The molecule has 1 amide bonds. The van der Waals surface area contributed by atoms with E-state index in [-0.39, 0.29) is 31.4 Å². The predicted octanol–water partition coefficient (Wildman–Crippen LogP) is 4.39. The number of thiazole rings is 1. The van der Waals surface area contributed by atoms with Crippen LogP contribution in [0.5, 0.6) is 0 Å². The summed E-state index contributed by atoms with van der Waals surface area (Å²) in [4.78, 5) is 28.6. The number of hydrogen-bond donors (Lipinski definition) is 1. The van der Waals surface area contributed by atoms with Crippen LogP contribution in [0, 0.1) is 0 Å². The molecule has 0 aliphatic heterocycles. The molecule has 3 aromatic rings. The summed E-state index contributed by atoms with van der Waals surface area (Å²) in [6.45, 7) is 0.330. The molecule has 0 saturated heterocycles. The lowest BCUT2D eigenvalue weighted by atomic mass is 10.2. The number of ether oxygens (including phenoxy) is 1. The van der Waals surface area contributed by atoms with Crippen molar-refractivity contribution in [2.75, 3.05) is 6.54 Å². The van der Waals surface area contributed by atoms with Gasteiger partial charge in [-0.2, -0.15) is 0 Å². The van der Waals surface area contributed by atoms with Gasteiger partial charge in [0.05, 0.1) is 22.0 Å². The Hall–Kier alpha value is -2.22. The van der Waals surface area contributed by atoms with E-state index in [9.17, 15) is 9.59 Å². The molecule has 0 spiro atoms. The lowest BCUT2D eigenvalue weighted by Gasteiger charge is -2.04. The maximum atomic E-state index is 11.8. The highest BCUT2D eigenvalue weighted by Crippen LogP contribution is 2.30. The Bertz CT molecular complexity index is 893. The third kappa shape index (κ3) is 4.91. The molecular weight excluding hydrogens is 392 g/mol. The van der Waals surface area contributed by atoms with E-state index in [4.69, 9.17) is 16.3 Å². The van der Waals surface area contributed by atoms with Crippen molar-refractivity contribution in [3.05, 3.63) is 62.8 Å². The smallest absolute Gasteiger partial charge is 0.307 e. The van der Waals surface area contributed by atoms with Gasteiger partial charge >= 0.3 is 5.97 Å². The van der Waals surface area contributed by atoms with E-state index in [1.807, 2.05) is 35.0 Å². The van der Waals surface area contributed by atoms with Crippen LogP contribution in [0.4, 0.5) is 0 Å². The van der Waals surface area contributed by atoms with Gasteiger partial charge in [0, 0.05) is 17.5 Å². The van der Waals surface area contributed by atoms with Crippen LogP contribution >= 0.6 is 34.3 Å². The average Bonchev–Trinajstić information content (AvgIpc) is 3.32. The zero-order valence-electron chi connectivity index (χ0n) is 13.6. The van der Waals surface area contributed by atoms with E-state index in [1.54, 1.807) is 12.1 Å². The number of thiophene rings is 1. The summed E-state index contributed by atoms with van der Waals surface area (Å²) in [5.41, 5.74) is 1.52. The quantitative estimate of drug-likeness (QED) is 0.591. The summed E-state index contributed by atoms with van der Waals surface area (Å²) in [5, 5.41) is 7.77. The highest BCUT2D eigenvalue weighted by Gasteiger charge is 2.11. The molecule has 3 rings (SSSR count). The molecule has 26 heavy (non-hydrogen) atoms. The molecule has 2 aromatic heterocycles. The molecule has 0 atom stereocenters. The van der Waals surface area contributed by atoms with Crippen molar-refractivity contribution in [1.29, 1.82) is 0 Å². The van der Waals surface area contributed by atoms with Crippen molar-refractivity contribution in [2.45, 2.75) is 13.0 Å². The van der Waals surface area contributed by atoms with Crippen LogP contribution in [0.3, 0.4) is 0 Å². The van der Waals surface area contributed by atoms with Crippen molar-refractivity contribution >= 4 is 46.2 Å². The molecule has 2 heterocycles. The number of carbonyl (C=O) groups is 2. The first-order valence-electron chi connectivity index (χ1n) is 7.80. The summed E-state index contributed by atoms with van der Waals surface area (Å²) < 4.78 is 5.20.